The van der Waals surface area contributed by atoms with Crippen molar-refractivity contribution in [2.45, 2.75) is 25.3 Å². The van der Waals surface area contributed by atoms with Crippen molar-refractivity contribution in [2.24, 2.45) is 5.73 Å². The van der Waals surface area contributed by atoms with Crippen molar-refractivity contribution in [2.75, 3.05) is 26.9 Å². The van der Waals surface area contributed by atoms with Crippen LogP contribution < -0.4 is 10.5 Å². The number of aromatic nitrogens is 2. The summed E-state index contributed by atoms with van der Waals surface area (Å²) in [5.41, 5.74) is 6.55. The second kappa shape index (κ2) is 9.77. The fraction of sp³-hybridized carbons (Fsp3) is 0.381. The number of hydrogen-bond acceptors (Lipinski definition) is 6. The van der Waals surface area contributed by atoms with Crippen molar-refractivity contribution >= 4 is 29.1 Å². The number of fused-ring (bicyclic) bond motifs is 1. The summed E-state index contributed by atoms with van der Waals surface area (Å²) in [4.78, 5) is 6.37. The molecule has 0 spiro atoms. The Morgan fingerprint density at radius 1 is 1.23 bits per heavy atom. The number of likely N-dealkylation sites (tertiary alicyclic amines) is 1. The van der Waals surface area contributed by atoms with Gasteiger partial charge in [0.15, 0.2) is 5.96 Å². The Morgan fingerprint density at radius 2 is 2.03 bits per heavy atom. The summed E-state index contributed by atoms with van der Waals surface area (Å²) in [6.45, 7) is 2.06. The molecule has 1 aliphatic rings. The standard InChI is InChI=1S/C21H25N5O3.ClH/c1-27-10-3-11-28-17-8-7-14-12-16(6-5-15(14)13-17)19-24-20(29-25-19)18-4-2-9-26(18)21(22)23;/h5-8,12-13,18H,2-4,9-11H2,1H3,(H3,22,23);1H. The highest BCUT2D eigenvalue weighted by Crippen LogP contribution is 2.32. The van der Waals surface area contributed by atoms with Crippen LogP contribution in [0, 0.1) is 5.41 Å². The third-order valence-corrected chi connectivity index (χ3v) is 5.12. The normalized spacial score (nSPS) is 15.9. The molecule has 8 nitrogen and oxygen atoms in total. The van der Waals surface area contributed by atoms with E-state index < -0.39 is 0 Å². The maximum atomic E-state index is 7.71. The Hall–Kier alpha value is -2.84. The number of ether oxygens (including phenoxy) is 2. The topological polar surface area (TPSA) is 110 Å². The first kappa shape index (κ1) is 21.9. The van der Waals surface area contributed by atoms with E-state index in [1.807, 2.05) is 36.4 Å². The average Bonchev–Trinajstić information content (AvgIpc) is 3.40. The molecule has 1 unspecified atom stereocenters. The van der Waals surface area contributed by atoms with E-state index >= 15 is 0 Å². The molecule has 4 rings (SSSR count). The summed E-state index contributed by atoms with van der Waals surface area (Å²) in [6, 6.07) is 11.9. The fourth-order valence-corrected chi connectivity index (χ4v) is 3.65. The first-order valence-corrected chi connectivity index (χ1v) is 9.76. The summed E-state index contributed by atoms with van der Waals surface area (Å²) < 4.78 is 16.3. The van der Waals surface area contributed by atoms with Crippen molar-refractivity contribution in [1.29, 1.82) is 5.41 Å². The SMILES string of the molecule is COCCCOc1ccc2cc(-c3noc(C4CCCN4C(=N)N)n3)ccc2c1.Cl. The lowest BCUT2D eigenvalue weighted by molar-refractivity contribution is 0.172. The Kier molecular flexibility index (Phi) is 7.12. The number of rotatable bonds is 7. The summed E-state index contributed by atoms with van der Waals surface area (Å²) in [7, 11) is 1.69. The van der Waals surface area contributed by atoms with E-state index in [2.05, 4.69) is 10.1 Å². The molecular formula is C21H26ClN5O3. The number of nitrogens with zero attached hydrogens (tertiary/aromatic N) is 3. The lowest BCUT2D eigenvalue weighted by Gasteiger charge is -2.21. The Bertz CT molecular complexity index is 1010. The van der Waals surface area contributed by atoms with Gasteiger partial charge >= 0.3 is 0 Å². The Morgan fingerprint density at radius 3 is 2.83 bits per heavy atom. The van der Waals surface area contributed by atoms with E-state index in [4.69, 9.17) is 25.1 Å². The molecule has 1 aromatic heterocycles. The van der Waals surface area contributed by atoms with Gasteiger partial charge in [-0.3, -0.25) is 5.41 Å². The summed E-state index contributed by atoms with van der Waals surface area (Å²) in [5.74, 6) is 1.93. The van der Waals surface area contributed by atoms with Crippen molar-refractivity contribution in [3.63, 3.8) is 0 Å². The van der Waals surface area contributed by atoms with Crippen LogP contribution in [-0.2, 0) is 4.74 Å². The van der Waals surface area contributed by atoms with Gasteiger partial charge in [0, 0.05) is 32.2 Å². The number of nitrogens with one attached hydrogen (secondary N) is 1. The molecule has 1 saturated heterocycles. The third-order valence-electron chi connectivity index (χ3n) is 5.12. The molecule has 0 amide bonds. The van der Waals surface area contributed by atoms with Gasteiger partial charge in [0.25, 0.3) is 0 Å². The summed E-state index contributed by atoms with van der Waals surface area (Å²) in [5, 5.41) is 14.0. The Balaban J connectivity index is 0.00000256. The minimum atomic E-state index is -0.118. The molecule has 0 radical (unpaired) electrons. The van der Waals surface area contributed by atoms with Crippen LogP contribution in [-0.4, -0.2) is 47.9 Å². The first-order valence-electron chi connectivity index (χ1n) is 9.76. The van der Waals surface area contributed by atoms with Crippen molar-refractivity contribution in [1.82, 2.24) is 15.0 Å². The molecule has 3 aromatic rings. The largest absolute Gasteiger partial charge is 0.493 e. The molecule has 2 heterocycles. The van der Waals surface area contributed by atoms with Gasteiger partial charge < -0.3 is 24.6 Å². The molecule has 3 N–H and O–H groups in total. The van der Waals surface area contributed by atoms with Crippen molar-refractivity contribution in [3.05, 3.63) is 42.3 Å². The lowest BCUT2D eigenvalue weighted by atomic mass is 10.1. The van der Waals surface area contributed by atoms with Gasteiger partial charge in [-0.2, -0.15) is 4.98 Å². The smallest absolute Gasteiger partial charge is 0.249 e. The fourth-order valence-electron chi connectivity index (χ4n) is 3.65. The molecule has 1 fully saturated rings. The molecule has 1 atom stereocenters. The van der Waals surface area contributed by atoms with Crippen molar-refractivity contribution < 1.29 is 14.0 Å². The van der Waals surface area contributed by atoms with E-state index in [0.29, 0.717) is 24.9 Å². The molecule has 1 aliphatic heterocycles. The third kappa shape index (κ3) is 4.66. The molecule has 9 heteroatoms. The number of hydrogen-bond donors (Lipinski definition) is 2. The quantitative estimate of drug-likeness (QED) is 0.333. The van der Waals surface area contributed by atoms with Gasteiger partial charge in [-0.25, -0.2) is 0 Å². The second-order valence-electron chi connectivity index (χ2n) is 7.11. The zero-order valence-corrected chi connectivity index (χ0v) is 17.7. The molecule has 160 valence electrons. The van der Waals surface area contributed by atoms with Crippen LogP contribution in [0.25, 0.3) is 22.2 Å². The highest BCUT2D eigenvalue weighted by Gasteiger charge is 2.31. The van der Waals surface area contributed by atoms with Crippen molar-refractivity contribution in [3.8, 4) is 17.1 Å². The molecular weight excluding hydrogens is 406 g/mol. The molecule has 0 aliphatic carbocycles. The highest BCUT2D eigenvalue weighted by atomic mass is 35.5. The van der Waals surface area contributed by atoms with Gasteiger partial charge in [0.2, 0.25) is 11.7 Å². The molecule has 0 saturated carbocycles. The van der Waals surface area contributed by atoms with Gasteiger partial charge in [0.1, 0.15) is 11.8 Å². The van der Waals surface area contributed by atoms with Gasteiger partial charge in [-0.15, -0.1) is 12.4 Å². The molecule has 0 bridgehead atoms. The summed E-state index contributed by atoms with van der Waals surface area (Å²) >= 11 is 0. The number of methoxy groups -OCH3 is 1. The minimum Gasteiger partial charge on any atom is -0.493 e. The maximum absolute atomic E-state index is 7.71. The van der Waals surface area contributed by atoms with E-state index in [0.717, 1.165) is 47.9 Å². The van der Waals surface area contributed by atoms with E-state index in [1.54, 1.807) is 12.0 Å². The predicted octanol–water partition coefficient (Wildman–Crippen LogP) is 3.76. The van der Waals surface area contributed by atoms with Gasteiger partial charge in [-0.1, -0.05) is 23.4 Å². The van der Waals surface area contributed by atoms with Crippen LogP contribution in [0.4, 0.5) is 0 Å². The lowest BCUT2D eigenvalue weighted by Crippen LogP contribution is -2.35. The predicted molar refractivity (Wildman–Crippen MR) is 117 cm³/mol. The zero-order chi connectivity index (χ0) is 20.2. The highest BCUT2D eigenvalue weighted by molar-refractivity contribution is 5.87. The van der Waals surface area contributed by atoms with Crippen LogP contribution >= 0.6 is 12.4 Å². The average molecular weight is 432 g/mol. The second-order valence-corrected chi connectivity index (χ2v) is 7.11. The van der Waals surface area contributed by atoms with Crippen LogP contribution in [0.1, 0.15) is 31.2 Å². The number of nitrogens with two attached hydrogens (primary N) is 1. The first-order chi connectivity index (χ1) is 14.2. The Labute approximate surface area is 181 Å². The maximum Gasteiger partial charge on any atom is 0.249 e. The van der Waals surface area contributed by atoms with E-state index in [9.17, 15) is 0 Å². The van der Waals surface area contributed by atoms with Crippen LogP contribution in [0.5, 0.6) is 5.75 Å². The van der Waals surface area contributed by atoms with Crippen LogP contribution in [0.15, 0.2) is 40.9 Å². The number of guanidine groups is 1. The molecule has 30 heavy (non-hydrogen) atoms. The van der Waals surface area contributed by atoms with E-state index in [-0.39, 0.29) is 24.4 Å². The number of halogens is 1. The van der Waals surface area contributed by atoms with E-state index in [1.165, 1.54) is 0 Å². The molecule has 2 aromatic carbocycles. The number of benzene rings is 2. The van der Waals surface area contributed by atoms with Crippen LogP contribution in [0.3, 0.4) is 0 Å². The summed E-state index contributed by atoms with van der Waals surface area (Å²) in [6.07, 6.45) is 2.66. The monoisotopic (exact) mass is 431 g/mol. The van der Waals surface area contributed by atoms with Gasteiger partial charge in [-0.05, 0) is 41.8 Å². The van der Waals surface area contributed by atoms with Crippen LogP contribution in [0.2, 0.25) is 0 Å². The van der Waals surface area contributed by atoms with Gasteiger partial charge in [0.05, 0.1) is 6.61 Å². The minimum absolute atomic E-state index is 0. The zero-order valence-electron chi connectivity index (χ0n) is 16.8.